The topological polar surface area (TPSA) is 75.3 Å². The second-order valence-corrected chi connectivity index (χ2v) is 4.46. The van der Waals surface area contributed by atoms with Crippen LogP contribution in [0.1, 0.15) is 27.7 Å². The number of carbonyl (C=O) groups excluding carboxylic acids is 3. The van der Waals surface area contributed by atoms with Crippen LogP contribution in [0.2, 0.25) is 0 Å². The number of allylic oxidation sites excluding steroid dienone is 1. The van der Waals surface area contributed by atoms with Crippen molar-refractivity contribution in [2.75, 3.05) is 0 Å². The fourth-order valence-corrected chi connectivity index (χ4v) is 1.62. The van der Waals surface area contributed by atoms with Crippen molar-refractivity contribution in [3.8, 4) is 0 Å². The monoisotopic (exact) mass is 224 g/mol. The Kier molecular flexibility index (Phi) is 3.16. The lowest BCUT2D eigenvalue weighted by Crippen LogP contribution is -2.61. The fraction of sp³-hybridized carbons (Fsp3) is 0.545. The van der Waals surface area contributed by atoms with Crippen LogP contribution in [-0.4, -0.2) is 17.8 Å². The zero-order chi connectivity index (χ0) is 12.5. The van der Waals surface area contributed by atoms with Gasteiger partial charge in [-0.05, 0) is 19.8 Å². The molecule has 0 unspecified atom stereocenters. The third kappa shape index (κ3) is 1.98. The van der Waals surface area contributed by atoms with Gasteiger partial charge in [-0.1, -0.05) is 25.5 Å². The summed E-state index contributed by atoms with van der Waals surface area (Å²) in [5.41, 5.74) is -0.650. The first-order valence-electron chi connectivity index (χ1n) is 5.14. The molecule has 0 spiro atoms. The molecule has 1 rings (SSSR count). The summed E-state index contributed by atoms with van der Waals surface area (Å²) in [6.45, 7) is 7.14. The minimum absolute atomic E-state index is 0.232. The zero-order valence-corrected chi connectivity index (χ0v) is 9.88. The van der Waals surface area contributed by atoms with E-state index in [1.165, 1.54) is 6.92 Å². The summed E-state index contributed by atoms with van der Waals surface area (Å²) in [5, 5.41) is 4.21. The summed E-state index contributed by atoms with van der Waals surface area (Å²) in [4.78, 5) is 34.4. The molecule has 5 heteroatoms. The Balaban J connectivity index is 3.12. The molecule has 0 radical (unpaired) electrons. The van der Waals surface area contributed by atoms with Crippen LogP contribution in [0.25, 0.3) is 0 Å². The van der Waals surface area contributed by atoms with Gasteiger partial charge in [-0.2, -0.15) is 0 Å². The summed E-state index contributed by atoms with van der Waals surface area (Å²) in [5.74, 6) is -0.915. The second-order valence-electron chi connectivity index (χ2n) is 4.46. The molecule has 0 saturated carbocycles. The number of barbiturate groups is 1. The lowest BCUT2D eigenvalue weighted by atomic mass is 9.78. The van der Waals surface area contributed by atoms with E-state index in [9.17, 15) is 14.4 Å². The van der Waals surface area contributed by atoms with E-state index < -0.39 is 23.3 Å². The summed E-state index contributed by atoms with van der Waals surface area (Å²) < 4.78 is 0. The highest BCUT2D eigenvalue weighted by atomic mass is 16.2. The standard InChI is InChI=1S/C11H16N2O3/c1-6(2)5-7(3)11(4)8(14)12-10(16)13-9(11)15/h5-6H,1-4H3,(H2,12,13,14,15,16)/b7-5+. The van der Waals surface area contributed by atoms with Gasteiger partial charge in [-0.15, -0.1) is 0 Å². The van der Waals surface area contributed by atoms with Crippen molar-refractivity contribution >= 4 is 17.8 Å². The van der Waals surface area contributed by atoms with Crippen LogP contribution >= 0.6 is 0 Å². The van der Waals surface area contributed by atoms with E-state index in [0.717, 1.165) is 0 Å². The smallest absolute Gasteiger partial charge is 0.277 e. The molecule has 0 aromatic rings. The predicted molar refractivity (Wildman–Crippen MR) is 58.4 cm³/mol. The molecule has 1 aliphatic rings. The Hall–Kier alpha value is -1.65. The molecule has 0 bridgehead atoms. The highest BCUT2D eigenvalue weighted by Crippen LogP contribution is 2.30. The molecule has 5 nitrogen and oxygen atoms in total. The van der Waals surface area contributed by atoms with Crippen LogP contribution in [0.5, 0.6) is 0 Å². The molecule has 88 valence electrons. The Labute approximate surface area is 94.3 Å². The molecular formula is C11H16N2O3. The first-order valence-corrected chi connectivity index (χ1v) is 5.14. The third-order valence-corrected chi connectivity index (χ3v) is 2.73. The minimum atomic E-state index is -1.29. The largest absolute Gasteiger partial charge is 0.328 e. The van der Waals surface area contributed by atoms with Gasteiger partial charge in [0.1, 0.15) is 5.41 Å². The summed E-state index contributed by atoms with van der Waals surface area (Å²) in [6, 6.07) is -0.759. The van der Waals surface area contributed by atoms with Crippen LogP contribution < -0.4 is 10.6 Å². The van der Waals surface area contributed by atoms with Gasteiger partial charge >= 0.3 is 6.03 Å². The lowest BCUT2D eigenvalue weighted by molar-refractivity contribution is -0.140. The normalized spacial score (nSPS) is 20.8. The Bertz CT molecular complexity index is 363. The van der Waals surface area contributed by atoms with Gasteiger partial charge in [-0.25, -0.2) is 4.79 Å². The molecule has 0 atom stereocenters. The average molecular weight is 224 g/mol. The van der Waals surface area contributed by atoms with Crippen LogP contribution in [0.15, 0.2) is 11.6 Å². The van der Waals surface area contributed by atoms with Crippen molar-refractivity contribution in [1.29, 1.82) is 0 Å². The lowest BCUT2D eigenvalue weighted by Gasteiger charge is -2.31. The van der Waals surface area contributed by atoms with Crippen LogP contribution in [0.4, 0.5) is 4.79 Å². The number of amides is 4. The Morgan fingerprint density at radius 2 is 1.62 bits per heavy atom. The summed E-state index contributed by atoms with van der Waals surface area (Å²) in [7, 11) is 0. The first-order chi connectivity index (χ1) is 7.28. The van der Waals surface area contributed by atoms with Crippen LogP contribution in [0, 0.1) is 11.3 Å². The van der Waals surface area contributed by atoms with E-state index in [1.807, 2.05) is 19.9 Å². The van der Waals surface area contributed by atoms with E-state index >= 15 is 0 Å². The molecule has 1 aliphatic heterocycles. The van der Waals surface area contributed by atoms with Crippen molar-refractivity contribution in [2.45, 2.75) is 27.7 Å². The number of urea groups is 1. The first kappa shape index (κ1) is 12.4. The molecule has 4 amide bonds. The Morgan fingerprint density at radius 3 is 2.00 bits per heavy atom. The maximum Gasteiger partial charge on any atom is 0.328 e. The van der Waals surface area contributed by atoms with Gasteiger partial charge in [0, 0.05) is 0 Å². The number of rotatable bonds is 2. The van der Waals surface area contributed by atoms with E-state index in [0.29, 0.717) is 5.57 Å². The molecule has 1 saturated heterocycles. The van der Waals surface area contributed by atoms with E-state index in [2.05, 4.69) is 10.6 Å². The quantitative estimate of drug-likeness (QED) is 0.542. The molecule has 1 heterocycles. The van der Waals surface area contributed by atoms with Crippen molar-refractivity contribution < 1.29 is 14.4 Å². The molecule has 0 aromatic carbocycles. The number of hydrogen-bond acceptors (Lipinski definition) is 3. The number of carbonyl (C=O) groups is 3. The number of imide groups is 2. The van der Waals surface area contributed by atoms with Crippen molar-refractivity contribution in [1.82, 2.24) is 10.6 Å². The van der Waals surface area contributed by atoms with E-state index in [4.69, 9.17) is 0 Å². The summed E-state index contributed by atoms with van der Waals surface area (Å²) >= 11 is 0. The summed E-state index contributed by atoms with van der Waals surface area (Å²) in [6.07, 6.45) is 1.84. The van der Waals surface area contributed by atoms with Gasteiger partial charge in [0.2, 0.25) is 11.8 Å². The molecular weight excluding hydrogens is 208 g/mol. The SMILES string of the molecule is C/C(=C\C(C)C)C1(C)C(=O)NC(=O)NC1=O. The van der Waals surface area contributed by atoms with Crippen molar-refractivity contribution in [3.05, 3.63) is 11.6 Å². The number of nitrogens with one attached hydrogen (secondary N) is 2. The number of hydrogen-bond donors (Lipinski definition) is 2. The zero-order valence-electron chi connectivity index (χ0n) is 9.88. The Morgan fingerprint density at radius 1 is 1.19 bits per heavy atom. The maximum atomic E-state index is 11.7. The van der Waals surface area contributed by atoms with Gasteiger partial charge in [0.15, 0.2) is 0 Å². The minimum Gasteiger partial charge on any atom is -0.277 e. The van der Waals surface area contributed by atoms with Crippen LogP contribution in [0.3, 0.4) is 0 Å². The third-order valence-electron chi connectivity index (χ3n) is 2.73. The highest BCUT2D eigenvalue weighted by molar-refractivity contribution is 6.20. The highest BCUT2D eigenvalue weighted by Gasteiger charge is 2.47. The fourth-order valence-electron chi connectivity index (χ4n) is 1.62. The van der Waals surface area contributed by atoms with Crippen LogP contribution in [-0.2, 0) is 9.59 Å². The van der Waals surface area contributed by atoms with Crippen molar-refractivity contribution in [2.24, 2.45) is 11.3 Å². The van der Waals surface area contributed by atoms with Gasteiger partial charge in [0.25, 0.3) is 0 Å². The van der Waals surface area contributed by atoms with Gasteiger partial charge in [-0.3, -0.25) is 20.2 Å². The average Bonchev–Trinajstić information content (AvgIpc) is 2.12. The predicted octanol–water partition coefficient (Wildman–Crippen LogP) is 0.961. The van der Waals surface area contributed by atoms with Gasteiger partial charge < -0.3 is 0 Å². The molecule has 1 fully saturated rings. The molecule has 0 aromatic heterocycles. The van der Waals surface area contributed by atoms with E-state index in [1.54, 1.807) is 6.92 Å². The van der Waals surface area contributed by atoms with Gasteiger partial charge in [0.05, 0.1) is 0 Å². The van der Waals surface area contributed by atoms with Crippen molar-refractivity contribution in [3.63, 3.8) is 0 Å². The maximum absolute atomic E-state index is 11.7. The molecule has 2 N–H and O–H groups in total. The molecule has 0 aliphatic carbocycles. The second kappa shape index (κ2) is 4.08. The van der Waals surface area contributed by atoms with E-state index in [-0.39, 0.29) is 5.92 Å². The molecule has 16 heavy (non-hydrogen) atoms.